The van der Waals surface area contributed by atoms with Crippen molar-refractivity contribution in [2.75, 3.05) is 14.2 Å². The first-order chi connectivity index (χ1) is 11.6. The fraction of sp³-hybridized carbons (Fsp3) is 0.300. The van der Waals surface area contributed by atoms with E-state index < -0.39 is 0 Å². The van der Waals surface area contributed by atoms with Crippen molar-refractivity contribution < 1.29 is 19.1 Å². The van der Waals surface area contributed by atoms with Crippen LogP contribution in [0, 0.1) is 0 Å². The molecule has 0 saturated heterocycles. The van der Waals surface area contributed by atoms with Gasteiger partial charge in [0.1, 0.15) is 0 Å². The van der Waals surface area contributed by atoms with Gasteiger partial charge in [-0.2, -0.15) is 0 Å². The molecular formula is C20H20O4. The molecule has 24 heavy (non-hydrogen) atoms. The van der Waals surface area contributed by atoms with E-state index in [-0.39, 0.29) is 11.9 Å². The standard InChI is InChI=1S/C20H20O4/c1-23-19(21)15-7-3-13(4-8-15)17-11-12-18(17)14-5-9-16(10-6-14)20(22)24-2/h3-10,17-18H,11-12H2,1-2H3/t17-,18-/m1/s1. The van der Waals surface area contributed by atoms with E-state index in [1.807, 2.05) is 48.5 Å². The molecule has 0 bridgehead atoms. The minimum atomic E-state index is -0.315. The Labute approximate surface area is 141 Å². The smallest absolute Gasteiger partial charge is 0.337 e. The summed E-state index contributed by atoms with van der Waals surface area (Å²) in [5, 5.41) is 0. The summed E-state index contributed by atoms with van der Waals surface area (Å²) in [6.07, 6.45) is 2.25. The van der Waals surface area contributed by atoms with Gasteiger partial charge in [-0.25, -0.2) is 9.59 Å². The van der Waals surface area contributed by atoms with Crippen LogP contribution in [0.3, 0.4) is 0 Å². The molecule has 1 fully saturated rings. The van der Waals surface area contributed by atoms with Gasteiger partial charge in [-0.1, -0.05) is 24.3 Å². The average Bonchev–Trinajstić information content (AvgIpc) is 2.60. The average molecular weight is 324 g/mol. The van der Waals surface area contributed by atoms with Crippen LogP contribution in [0.4, 0.5) is 0 Å². The Morgan fingerprint density at radius 2 is 1.04 bits per heavy atom. The molecule has 2 atom stereocenters. The normalized spacial score (nSPS) is 19.2. The van der Waals surface area contributed by atoms with Gasteiger partial charge in [-0.3, -0.25) is 0 Å². The number of hydrogen-bond donors (Lipinski definition) is 0. The molecule has 0 heterocycles. The lowest BCUT2D eigenvalue weighted by molar-refractivity contribution is 0.0591. The van der Waals surface area contributed by atoms with Crippen molar-refractivity contribution in [3.8, 4) is 0 Å². The van der Waals surface area contributed by atoms with Crippen LogP contribution >= 0.6 is 0 Å². The Kier molecular flexibility index (Phi) is 4.65. The molecule has 1 aliphatic rings. The van der Waals surface area contributed by atoms with Gasteiger partial charge in [0.05, 0.1) is 25.3 Å². The van der Waals surface area contributed by atoms with Gasteiger partial charge in [0, 0.05) is 0 Å². The lowest BCUT2D eigenvalue weighted by Crippen LogP contribution is -2.22. The maximum Gasteiger partial charge on any atom is 0.337 e. The lowest BCUT2D eigenvalue weighted by atomic mass is 9.67. The monoisotopic (exact) mass is 324 g/mol. The molecule has 0 aromatic heterocycles. The van der Waals surface area contributed by atoms with Crippen LogP contribution in [0.1, 0.15) is 56.5 Å². The first kappa shape index (κ1) is 16.2. The van der Waals surface area contributed by atoms with E-state index in [1.54, 1.807) is 0 Å². The van der Waals surface area contributed by atoms with Crippen LogP contribution in [0.25, 0.3) is 0 Å². The Bertz CT molecular complexity index is 666. The van der Waals surface area contributed by atoms with Crippen LogP contribution in [0.15, 0.2) is 48.5 Å². The van der Waals surface area contributed by atoms with Gasteiger partial charge in [0.25, 0.3) is 0 Å². The summed E-state index contributed by atoms with van der Waals surface area (Å²) >= 11 is 0. The fourth-order valence-corrected chi connectivity index (χ4v) is 3.27. The highest BCUT2D eigenvalue weighted by Gasteiger charge is 2.33. The van der Waals surface area contributed by atoms with E-state index in [2.05, 4.69) is 0 Å². The van der Waals surface area contributed by atoms with Crippen LogP contribution in [0.2, 0.25) is 0 Å². The van der Waals surface area contributed by atoms with Crippen molar-refractivity contribution in [3.63, 3.8) is 0 Å². The number of carbonyl (C=O) groups excluding carboxylic acids is 2. The number of carbonyl (C=O) groups is 2. The third-order valence-electron chi connectivity index (χ3n) is 4.79. The maximum absolute atomic E-state index is 11.5. The Morgan fingerprint density at radius 3 is 1.29 bits per heavy atom. The molecule has 0 amide bonds. The number of benzene rings is 2. The second kappa shape index (κ2) is 6.87. The number of methoxy groups -OCH3 is 2. The van der Waals surface area contributed by atoms with Gasteiger partial charge < -0.3 is 9.47 Å². The third kappa shape index (κ3) is 3.04. The quantitative estimate of drug-likeness (QED) is 0.800. The number of esters is 2. The molecule has 4 heteroatoms. The molecule has 2 aromatic rings. The van der Waals surface area contributed by atoms with Crippen molar-refractivity contribution in [1.82, 2.24) is 0 Å². The molecule has 0 radical (unpaired) electrons. The molecular weight excluding hydrogens is 304 g/mol. The molecule has 0 N–H and O–H groups in total. The summed E-state index contributed by atoms with van der Waals surface area (Å²) in [6.45, 7) is 0. The molecule has 0 unspecified atom stereocenters. The predicted octanol–water partition coefficient (Wildman–Crippen LogP) is 3.92. The SMILES string of the molecule is COC(=O)c1ccc([C@H]2CC[C@@H]2c2ccc(C(=O)OC)cc2)cc1. The molecule has 1 saturated carbocycles. The molecule has 1 aliphatic carbocycles. The van der Waals surface area contributed by atoms with E-state index in [1.165, 1.54) is 25.3 Å². The summed E-state index contributed by atoms with van der Waals surface area (Å²) in [5.74, 6) is 0.261. The summed E-state index contributed by atoms with van der Waals surface area (Å²) in [6, 6.07) is 15.3. The Morgan fingerprint density at radius 1 is 0.708 bits per heavy atom. The fourth-order valence-electron chi connectivity index (χ4n) is 3.27. The summed E-state index contributed by atoms with van der Waals surface area (Å²) in [4.78, 5) is 23.0. The zero-order valence-electron chi connectivity index (χ0n) is 13.8. The van der Waals surface area contributed by atoms with Crippen LogP contribution in [0.5, 0.6) is 0 Å². The van der Waals surface area contributed by atoms with Gasteiger partial charge in [-0.15, -0.1) is 0 Å². The van der Waals surface area contributed by atoms with Gasteiger partial charge in [-0.05, 0) is 60.1 Å². The second-order valence-electron chi connectivity index (χ2n) is 6.02. The first-order valence-electron chi connectivity index (χ1n) is 8.00. The van der Waals surface area contributed by atoms with Crippen molar-refractivity contribution in [3.05, 3.63) is 70.8 Å². The highest BCUT2D eigenvalue weighted by atomic mass is 16.5. The predicted molar refractivity (Wildman–Crippen MR) is 90.3 cm³/mol. The van der Waals surface area contributed by atoms with Crippen molar-refractivity contribution in [2.45, 2.75) is 24.7 Å². The molecule has 0 aliphatic heterocycles. The van der Waals surface area contributed by atoms with Crippen LogP contribution < -0.4 is 0 Å². The zero-order valence-corrected chi connectivity index (χ0v) is 13.8. The third-order valence-corrected chi connectivity index (χ3v) is 4.79. The van der Waals surface area contributed by atoms with Gasteiger partial charge in [0.2, 0.25) is 0 Å². The number of ether oxygens (including phenoxy) is 2. The van der Waals surface area contributed by atoms with Gasteiger partial charge >= 0.3 is 11.9 Å². The summed E-state index contributed by atoms with van der Waals surface area (Å²) in [7, 11) is 2.77. The van der Waals surface area contributed by atoms with E-state index in [0.29, 0.717) is 23.0 Å². The minimum Gasteiger partial charge on any atom is -0.465 e. The van der Waals surface area contributed by atoms with Crippen molar-refractivity contribution in [1.29, 1.82) is 0 Å². The van der Waals surface area contributed by atoms with Crippen LogP contribution in [-0.2, 0) is 9.47 Å². The largest absolute Gasteiger partial charge is 0.465 e. The molecule has 124 valence electrons. The Balaban J connectivity index is 1.74. The highest BCUT2D eigenvalue weighted by Crippen LogP contribution is 2.49. The number of hydrogen-bond acceptors (Lipinski definition) is 4. The lowest BCUT2D eigenvalue weighted by Gasteiger charge is -2.37. The van der Waals surface area contributed by atoms with E-state index in [9.17, 15) is 9.59 Å². The molecule has 2 aromatic carbocycles. The first-order valence-corrected chi connectivity index (χ1v) is 8.00. The van der Waals surface area contributed by atoms with Crippen molar-refractivity contribution in [2.24, 2.45) is 0 Å². The Hall–Kier alpha value is -2.62. The van der Waals surface area contributed by atoms with E-state index in [0.717, 1.165) is 12.8 Å². The molecule has 4 nitrogen and oxygen atoms in total. The number of rotatable bonds is 4. The van der Waals surface area contributed by atoms with Crippen LogP contribution in [-0.4, -0.2) is 26.2 Å². The highest BCUT2D eigenvalue weighted by molar-refractivity contribution is 5.89. The van der Waals surface area contributed by atoms with Gasteiger partial charge in [0.15, 0.2) is 0 Å². The van der Waals surface area contributed by atoms with E-state index >= 15 is 0 Å². The topological polar surface area (TPSA) is 52.6 Å². The summed E-state index contributed by atoms with van der Waals surface area (Å²) < 4.78 is 9.46. The minimum absolute atomic E-state index is 0.315. The summed E-state index contributed by atoms with van der Waals surface area (Å²) in [5.41, 5.74) is 3.60. The van der Waals surface area contributed by atoms with E-state index in [4.69, 9.17) is 9.47 Å². The zero-order chi connectivity index (χ0) is 17.1. The second-order valence-corrected chi connectivity index (χ2v) is 6.02. The van der Waals surface area contributed by atoms with Crippen molar-refractivity contribution >= 4 is 11.9 Å². The molecule has 3 rings (SSSR count). The maximum atomic E-state index is 11.5. The molecule has 0 spiro atoms.